The standard InChI is InChI=1S/C32H30F4/c1-3-5-21-6-11-24(12-7-21)25-13-8-22(9-14-25)10-15-26-16-17-27(20-29(26)33)28-19-18-23(4-2)30(31(28)34)32(35)36/h6-9,11-14,16-20,32H,3-5,10,15H2,1-2H3. The van der Waals surface area contributed by atoms with Crippen molar-refractivity contribution in [2.75, 3.05) is 0 Å². The van der Waals surface area contributed by atoms with Crippen LogP contribution in [0.2, 0.25) is 0 Å². The Morgan fingerprint density at radius 2 is 1.17 bits per heavy atom. The van der Waals surface area contributed by atoms with Gasteiger partial charge >= 0.3 is 0 Å². The van der Waals surface area contributed by atoms with Crippen molar-refractivity contribution in [3.63, 3.8) is 0 Å². The van der Waals surface area contributed by atoms with Gasteiger partial charge in [0.2, 0.25) is 0 Å². The molecule has 0 aliphatic carbocycles. The van der Waals surface area contributed by atoms with E-state index in [1.54, 1.807) is 19.1 Å². The number of aryl methyl sites for hydroxylation is 4. The van der Waals surface area contributed by atoms with Crippen LogP contribution < -0.4 is 0 Å². The maximum Gasteiger partial charge on any atom is 0.266 e. The van der Waals surface area contributed by atoms with Crippen LogP contribution >= 0.6 is 0 Å². The molecule has 0 bridgehead atoms. The fraction of sp³-hybridized carbons (Fsp3) is 0.250. The SMILES string of the molecule is CCCc1ccc(-c2ccc(CCc3ccc(-c4ccc(CC)c(C(F)F)c4F)cc3F)cc2)cc1. The molecule has 4 heteroatoms. The molecule has 0 unspecified atom stereocenters. The second-order valence-electron chi connectivity index (χ2n) is 9.10. The minimum absolute atomic E-state index is 0.00809. The lowest BCUT2D eigenvalue weighted by Gasteiger charge is -2.13. The molecule has 0 heterocycles. The first-order chi connectivity index (χ1) is 17.4. The molecule has 0 amide bonds. The van der Waals surface area contributed by atoms with E-state index < -0.39 is 23.6 Å². The van der Waals surface area contributed by atoms with E-state index in [-0.39, 0.29) is 16.7 Å². The van der Waals surface area contributed by atoms with Crippen molar-refractivity contribution in [3.8, 4) is 22.3 Å². The molecular weight excluding hydrogens is 460 g/mol. The maximum atomic E-state index is 14.9. The third kappa shape index (κ3) is 5.70. The Bertz CT molecular complexity index is 1310. The smallest absolute Gasteiger partial charge is 0.207 e. The number of rotatable bonds is 9. The van der Waals surface area contributed by atoms with Crippen molar-refractivity contribution in [3.05, 3.63) is 118 Å². The van der Waals surface area contributed by atoms with Crippen LogP contribution in [0.4, 0.5) is 17.6 Å². The van der Waals surface area contributed by atoms with Crippen LogP contribution in [0.15, 0.2) is 78.9 Å². The molecule has 0 saturated carbocycles. The molecular formula is C32H30F4. The third-order valence-corrected chi connectivity index (χ3v) is 6.70. The number of hydrogen-bond donors (Lipinski definition) is 0. The van der Waals surface area contributed by atoms with Crippen LogP contribution in [0.3, 0.4) is 0 Å². The lowest BCUT2D eigenvalue weighted by atomic mass is 9.95. The average Bonchev–Trinajstić information content (AvgIpc) is 2.88. The molecule has 36 heavy (non-hydrogen) atoms. The van der Waals surface area contributed by atoms with Crippen LogP contribution in [0.5, 0.6) is 0 Å². The molecule has 0 aliphatic heterocycles. The topological polar surface area (TPSA) is 0 Å². The first kappa shape index (κ1) is 25.7. The van der Waals surface area contributed by atoms with E-state index in [2.05, 4.69) is 55.5 Å². The highest BCUT2D eigenvalue weighted by atomic mass is 19.3. The molecule has 0 fully saturated rings. The molecule has 4 aromatic rings. The molecule has 186 valence electrons. The second-order valence-corrected chi connectivity index (χ2v) is 9.10. The minimum atomic E-state index is -2.92. The Hall–Kier alpha value is -3.40. The van der Waals surface area contributed by atoms with E-state index in [4.69, 9.17) is 0 Å². The van der Waals surface area contributed by atoms with Crippen molar-refractivity contribution < 1.29 is 17.6 Å². The summed E-state index contributed by atoms with van der Waals surface area (Å²) in [6.45, 7) is 3.87. The van der Waals surface area contributed by atoms with Crippen molar-refractivity contribution in [1.82, 2.24) is 0 Å². The first-order valence-corrected chi connectivity index (χ1v) is 12.5. The minimum Gasteiger partial charge on any atom is -0.207 e. The van der Waals surface area contributed by atoms with Crippen LogP contribution in [0, 0.1) is 11.6 Å². The Balaban J connectivity index is 1.46. The fourth-order valence-corrected chi connectivity index (χ4v) is 4.61. The van der Waals surface area contributed by atoms with Crippen molar-refractivity contribution in [2.24, 2.45) is 0 Å². The second kappa shape index (κ2) is 11.6. The zero-order chi connectivity index (χ0) is 25.7. The summed E-state index contributed by atoms with van der Waals surface area (Å²) in [4.78, 5) is 0. The normalized spacial score (nSPS) is 11.3. The summed E-state index contributed by atoms with van der Waals surface area (Å²) in [5, 5.41) is 0. The lowest BCUT2D eigenvalue weighted by Crippen LogP contribution is -2.01. The van der Waals surface area contributed by atoms with Gasteiger partial charge in [-0.05, 0) is 70.7 Å². The highest BCUT2D eigenvalue weighted by molar-refractivity contribution is 5.67. The van der Waals surface area contributed by atoms with Crippen molar-refractivity contribution >= 4 is 0 Å². The van der Waals surface area contributed by atoms with Crippen LogP contribution in [-0.4, -0.2) is 0 Å². The summed E-state index contributed by atoms with van der Waals surface area (Å²) in [7, 11) is 0. The summed E-state index contributed by atoms with van der Waals surface area (Å²) in [6.07, 6.45) is 0.720. The Kier molecular flexibility index (Phi) is 8.25. The van der Waals surface area contributed by atoms with Gasteiger partial charge in [0.1, 0.15) is 11.6 Å². The largest absolute Gasteiger partial charge is 0.266 e. The van der Waals surface area contributed by atoms with E-state index in [9.17, 15) is 17.6 Å². The van der Waals surface area contributed by atoms with E-state index >= 15 is 0 Å². The Morgan fingerprint density at radius 1 is 0.611 bits per heavy atom. The number of benzene rings is 4. The summed E-state index contributed by atoms with van der Waals surface area (Å²) < 4.78 is 56.6. The number of halogens is 4. The first-order valence-electron chi connectivity index (χ1n) is 12.5. The Morgan fingerprint density at radius 3 is 1.69 bits per heavy atom. The molecule has 0 nitrogen and oxygen atoms in total. The van der Waals surface area contributed by atoms with Gasteiger partial charge in [-0.3, -0.25) is 0 Å². The highest BCUT2D eigenvalue weighted by Gasteiger charge is 2.21. The van der Waals surface area contributed by atoms with E-state index in [1.807, 2.05) is 0 Å². The third-order valence-electron chi connectivity index (χ3n) is 6.70. The van der Waals surface area contributed by atoms with E-state index in [0.29, 0.717) is 24.8 Å². The van der Waals surface area contributed by atoms with E-state index in [1.165, 1.54) is 23.8 Å². The molecule has 0 aromatic heterocycles. The van der Waals surface area contributed by atoms with Gasteiger partial charge in [-0.25, -0.2) is 17.6 Å². The molecule has 4 aromatic carbocycles. The molecule has 0 aliphatic rings. The summed E-state index contributed by atoms with van der Waals surface area (Å²) in [5.74, 6) is -1.44. The quantitative estimate of drug-likeness (QED) is 0.205. The summed E-state index contributed by atoms with van der Waals surface area (Å²) in [5.41, 5.74) is 5.15. The van der Waals surface area contributed by atoms with Gasteiger partial charge in [0, 0.05) is 5.56 Å². The lowest BCUT2D eigenvalue weighted by molar-refractivity contribution is 0.145. The van der Waals surface area contributed by atoms with Crippen LogP contribution in [0.1, 0.15) is 54.5 Å². The van der Waals surface area contributed by atoms with Crippen molar-refractivity contribution in [1.29, 1.82) is 0 Å². The fourth-order valence-electron chi connectivity index (χ4n) is 4.61. The summed E-state index contributed by atoms with van der Waals surface area (Å²) >= 11 is 0. The molecule has 0 radical (unpaired) electrons. The molecule has 0 saturated heterocycles. The Labute approximate surface area is 210 Å². The van der Waals surface area contributed by atoms with Crippen LogP contribution in [0.25, 0.3) is 22.3 Å². The predicted molar refractivity (Wildman–Crippen MR) is 139 cm³/mol. The van der Waals surface area contributed by atoms with Gasteiger partial charge < -0.3 is 0 Å². The zero-order valence-corrected chi connectivity index (χ0v) is 20.6. The molecule has 0 spiro atoms. The van der Waals surface area contributed by atoms with Crippen LogP contribution in [-0.2, 0) is 25.7 Å². The number of hydrogen-bond acceptors (Lipinski definition) is 0. The van der Waals surface area contributed by atoms with Gasteiger partial charge in [0.05, 0.1) is 5.56 Å². The predicted octanol–water partition coefficient (Wildman–Crippen LogP) is 9.54. The van der Waals surface area contributed by atoms with Gasteiger partial charge in [-0.15, -0.1) is 0 Å². The highest BCUT2D eigenvalue weighted by Crippen LogP contribution is 2.34. The van der Waals surface area contributed by atoms with Crippen molar-refractivity contribution in [2.45, 2.75) is 52.4 Å². The molecule has 0 atom stereocenters. The maximum absolute atomic E-state index is 14.9. The van der Waals surface area contributed by atoms with Gasteiger partial charge in [0.25, 0.3) is 6.43 Å². The zero-order valence-electron chi connectivity index (χ0n) is 20.6. The van der Waals surface area contributed by atoms with Gasteiger partial charge in [-0.1, -0.05) is 93.1 Å². The summed E-state index contributed by atoms with van der Waals surface area (Å²) in [6, 6.07) is 24.3. The molecule has 4 rings (SSSR count). The molecule has 0 N–H and O–H groups in total. The average molecular weight is 491 g/mol. The van der Waals surface area contributed by atoms with Gasteiger partial charge in [0.15, 0.2) is 0 Å². The van der Waals surface area contributed by atoms with Gasteiger partial charge in [-0.2, -0.15) is 0 Å². The number of alkyl halides is 2. The van der Waals surface area contributed by atoms with E-state index in [0.717, 1.165) is 29.5 Å². The monoisotopic (exact) mass is 490 g/mol.